The minimum Gasteiger partial charge on any atom is -0.457 e. The van der Waals surface area contributed by atoms with Gasteiger partial charge < -0.3 is 15.0 Å². The molecule has 5 rings (SSSR count). The molecule has 0 radical (unpaired) electrons. The van der Waals surface area contributed by atoms with E-state index in [9.17, 15) is 4.79 Å². The van der Waals surface area contributed by atoms with E-state index in [0.29, 0.717) is 29.4 Å². The first-order valence-corrected chi connectivity index (χ1v) is 10.9. The summed E-state index contributed by atoms with van der Waals surface area (Å²) in [6, 6.07) is 14.8. The Morgan fingerprint density at radius 1 is 1.15 bits per heavy atom. The number of H-pyrrole nitrogens is 2. The van der Waals surface area contributed by atoms with Gasteiger partial charge in [0, 0.05) is 42.1 Å². The van der Waals surface area contributed by atoms with Crippen molar-refractivity contribution in [2.24, 2.45) is 0 Å². The van der Waals surface area contributed by atoms with Gasteiger partial charge in [-0.15, -0.1) is 0 Å². The van der Waals surface area contributed by atoms with Gasteiger partial charge in [-0.2, -0.15) is 10.2 Å². The molecule has 2 aromatic carbocycles. The normalized spacial score (nSPS) is 11.4. The maximum Gasteiger partial charge on any atom is 0.273 e. The van der Waals surface area contributed by atoms with Crippen LogP contribution in [0.25, 0.3) is 23.1 Å². The van der Waals surface area contributed by atoms with Crippen molar-refractivity contribution in [3.8, 4) is 11.5 Å². The summed E-state index contributed by atoms with van der Waals surface area (Å²) in [5.41, 5.74) is 3.62. The van der Waals surface area contributed by atoms with Gasteiger partial charge in [-0.1, -0.05) is 6.07 Å². The Morgan fingerprint density at radius 2 is 2.03 bits per heavy atom. The molecule has 0 aliphatic carbocycles. The molecule has 0 bridgehead atoms. The van der Waals surface area contributed by atoms with Crippen molar-refractivity contribution in [3.05, 3.63) is 83.8 Å². The van der Waals surface area contributed by atoms with E-state index >= 15 is 0 Å². The molecule has 3 aromatic heterocycles. The molecule has 3 heterocycles. The average Bonchev–Trinajstić information content (AvgIpc) is 3.57. The third-order valence-corrected chi connectivity index (χ3v) is 5.24. The number of fused-ring (bicyclic) bond motifs is 1. The Hall–Kier alpha value is -4.66. The second-order valence-electron chi connectivity index (χ2n) is 7.69. The number of carbonyl (C=O) groups excluding carboxylic acids is 1. The van der Waals surface area contributed by atoms with Crippen LogP contribution in [0.2, 0.25) is 0 Å². The van der Waals surface area contributed by atoms with Crippen molar-refractivity contribution in [2.75, 3.05) is 5.32 Å². The van der Waals surface area contributed by atoms with E-state index in [1.165, 1.54) is 0 Å². The van der Waals surface area contributed by atoms with Gasteiger partial charge in [-0.3, -0.25) is 14.6 Å². The number of aromatic amines is 2. The van der Waals surface area contributed by atoms with Crippen molar-refractivity contribution < 1.29 is 9.53 Å². The minimum atomic E-state index is -0.214. The summed E-state index contributed by atoms with van der Waals surface area (Å²) in [6.45, 7) is 4.44. The van der Waals surface area contributed by atoms with E-state index in [-0.39, 0.29) is 5.91 Å². The molecule has 0 spiro atoms. The quantitative estimate of drug-likeness (QED) is 0.320. The zero-order valence-electron chi connectivity index (χ0n) is 18.7. The average molecular weight is 454 g/mol. The summed E-state index contributed by atoms with van der Waals surface area (Å²) < 4.78 is 7.73. The van der Waals surface area contributed by atoms with Crippen LogP contribution in [0.3, 0.4) is 0 Å². The van der Waals surface area contributed by atoms with Crippen molar-refractivity contribution in [1.29, 1.82) is 0 Å². The van der Waals surface area contributed by atoms with E-state index in [2.05, 4.69) is 30.6 Å². The molecule has 0 aliphatic heterocycles. The summed E-state index contributed by atoms with van der Waals surface area (Å²) in [7, 11) is 0. The number of nitrogens with one attached hydrogen (secondary N) is 3. The highest BCUT2D eigenvalue weighted by molar-refractivity contribution is 6.03. The maximum atomic E-state index is 12.7. The van der Waals surface area contributed by atoms with Crippen LogP contribution in [0.5, 0.6) is 11.5 Å². The summed E-state index contributed by atoms with van der Waals surface area (Å²) in [4.78, 5) is 19.9. The zero-order chi connectivity index (χ0) is 23.5. The Kier molecular flexibility index (Phi) is 5.65. The number of nitrogens with zero attached hydrogens (tertiary/aromatic N) is 4. The number of aryl methyl sites for hydroxylation is 2. The van der Waals surface area contributed by atoms with Gasteiger partial charge in [0.1, 0.15) is 23.0 Å². The summed E-state index contributed by atoms with van der Waals surface area (Å²) >= 11 is 0. The number of ether oxygens (including phenoxy) is 1. The molecule has 5 aromatic rings. The van der Waals surface area contributed by atoms with Crippen LogP contribution < -0.4 is 10.1 Å². The Morgan fingerprint density at radius 3 is 2.85 bits per heavy atom. The minimum absolute atomic E-state index is 0.214. The molecule has 34 heavy (non-hydrogen) atoms. The molecular weight excluding hydrogens is 430 g/mol. The first-order chi connectivity index (χ1) is 16.6. The lowest BCUT2D eigenvalue weighted by Gasteiger charge is -2.10. The highest BCUT2D eigenvalue weighted by atomic mass is 16.5. The van der Waals surface area contributed by atoms with Crippen molar-refractivity contribution >= 4 is 34.6 Å². The predicted octanol–water partition coefficient (Wildman–Crippen LogP) is 5.03. The van der Waals surface area contributed by atoms with Gasteiger partial charge in [-0.25, -0.2) is 4.98 Å². The van der Waals surface area contributed by atoms with E-state index < -0.39 is 0 Å². The van der Waals surface area contributed by atoms with E-state index in [1.807, 2.05) is 62.4 Å². The lowest BCUT2D eigenvalue weighted by Crippen LogP contribution is -2.17. The number of benzene rings is 2. The Labute approximate surface area is 195 Å². The molecule has 9 nitrogen and oxygen atoms in total. The fourth-order valence-electron chi connectivity index (χ4n) is 3.67. The lowest BCUT2D eigenvalue weighted by atomic mass is 10.2. The molecule has 1 amide bonds. The highest BCUT2D eigenvalue weighted by Crippen LogP contribution is 2.28. The van der Waals surface area contributed by atoms with Crippen molar-refractivity contribution in [1.82, 2.24) is 29.9 Å². The summed E-state index contributed by atoms with van der Waals surface area (Å²) in [5.74, 6) is 1.81. The first-order valence-electron chi connectivity index (χ1n) is 10.9. The second kappa shape index (κ2) is 9.07. The molecule has 0 fully saturated rings. The molecule has 170 valence electrons. The summed E-state index contributed by atoms with van der Waals surface area (Å²) in [6.07, 6.45) is 7.24. The van der Waals surface area contributed by atoms with Gasteiger partial charge in [0.25, 0.3) is 5.91 Å². The fraction of sp³-hybridized carbons (Fsp3) is 0.120. The smallest absolute Gasteiger partial charge is 0.273 e. The highest BCUT2D eigenvalue weighted by Gasteiger charge is 2.14. The second-order valence-corrected chi connectivity index (χ2v) is 7.69. The third-order valence-electron chi connectivity index (χ3n) is 5.24. The lowest BCUT2D eigenvalue weighted by molar-refractivity contribution is 0.101. The summed E-state index contributed by atoms with van der Waals surface area (Å²) in [5, 5.41) is 15.6. The van der Waals surface area contributed by atoms with Gasteiger partial charge in [0.05, 0.1) is 16.9 Å². The van der Waals surface area contributed by atoms with Gasteiger partial charge in [0.15, 0.2) is 0 Å². The van der Waals surface area contributed by atoms with Crippen LogP contribution in [0, 0.1) is 6.92 Å². The zero-order valence-corrected chi connectivity index (χ0v) is 18.7. The topological polar surface area (TPSA) is 114 Å². The predicted molar refractivity (Wildman–Crippen MR) is 131 cm³/mol. The standard InChI is InChI=1S/C25H23N7O2/c1-3-32-23(13-16(2)31-32)25(33)28-17-5-4-6-18(14-17)34-19-7-8-20-21(29-30-22(20)15-19)9-10-24-26-11-12-27-24/h4-15H,3H2,1-2H3,(H,26,27)(H,28,33)(H,29,30)/b10-9+. The number of imidazole rings is 1. The molecule has 0 saturated carbocycles. The number of hydrogen-bond donors (Lipinski definition) is 3. The molecule has 0 atom stereocenters. The largest absolute Gasteiger partial charge is 0.457 e. The van der Waals surface area contributed by atoms with Crippen LogP contribution in [0.1, 0.15) is 34.6 Å². The van der Waals surface area contributed by atoms with Crippen LogP contribution in [-0.4, -0.2) is 35.9 Å². The monoisotopic (exact) mass is 453 g/mol. The number of aromatic nitrogens is 6. The van der Waals surface area contributed by atoms with Crippen LogP contribution in [-0.2, 0) is 6.54 Å². The van der Waals surface area contributed by atoms with E-state index in [1.54, 1.807) is 29.2 Å². The Balaban J connectivity index is 1.31. The number of rotatable bonds is 7. The number of anilines is 1. The van der Waals surface area contributed by atoms with E-state index in [0.717, 1.165) is 28.1 Å². The SMILES string of the molecule is CCn1nc(C)cc1C(=O)Nc1cccc(Oc2ccc3c(/C=C/c4ncc[nH]4)n[nH]c3c2)c1. The molecule has 9 heteroatoms. The number of carbonyl (C=O) groups is 1. The van der Waals surface area contributed by atoms with Crippen LogP contribution in [0.15, 0.2) is 60.9 Å². The van der Waals surface area contributed by atoms with Gasteiger partial charge in [-0.05, 0) is 56.3 Å². The molecular formula is C25H23N7O2. The van der Waals surface area contributed by atoms with Gasteiger partial charge in [0.2, 0.25) is 0 Å². The van der Waals surface area contributed by atoms with Crippen molar-refractivity contribution in [3.63, 3.8) is 0 Å². The van der Waals surface area contributed by atoms with Crippen LogP contribution >= 0.6 is 0 Å². The third kappa shape index (κ3) is 4.44. The maximum absolute atomic E-state index is 12.7. The first kappa shape index (κ1) is 21.2. The fourth-order valence-corrected chi connectivity index (χ4v) is 3.67. The van der Waals surface area contributed by atoms with Gasteiger partial charge >= 0.3 is 0 Å². The molecule has 0 aliphatic rings. The number of hydrogen-bond acceptors (Lipinski definition) is 5. The number of amides is 1. The molecule has 3 N–H and O–H groups in total. The van der Waals surface area contributed by atoms with Crippen molar-refractivity contribution in [2.45, 2.75) is 20.4 Å². The van der Waals surface area contributed by atoms with Crippen LogP contribution in [0.4, 0.5) is 5.69 Å². The van der Waals surface area contributed by atoms with E-state index in [4.69, 9.17) is 4.74 Å². The molecule has 0 saturated heterocycles. The Bertz CT molecular complexity index is 1480. The molecule has 0 unspecified atom stereocenters.